The van der Waals surface area contributed by atoms with Crippen molar-refractivity contribution < 1.29 is 18.0 Å². The predicted octanol–water partition coefficient (Wildman–Crippen LogP) is 2.99. The van der Waals surface area contributed by atoms with Crippen molar-refractivity contribution in [2.24, 2.45) is 0 Å². The summed E-state index contributed by atoms with van der Waals surface area (Å²) in [6.07, 6.45) is -0.564. The third-order valence-corrected chi connectivity index (χ3v) is 3.88. The van der Waals surface area contributed by atoms with Crippen LogP contribution in [-0.4, -0.2) is 34.2 Å². The van der Waals surface area contributed by atoms with E-state index >= 15 is 0 Å². The first-order valence-corrected chi connectivity index (χ1v) is 7.50. The van der Waals surface area contributed by atoms with Crippen LogP contribution < -0.4 is 10.6 Å². The predicted molar refractivity (Wildman–Crippen MR) is 90.2 cm³/mol. The van der Waals surface area contributed by atoms with E-state index in [-0.39, 0.29) is 23.8 Å². The first kappa shape index (κ1) is 19.3. The Morgan fingerprint density at radius 1 is 1.36 bits per heavy atom. The molecule has 136 valence electrons. The van der Waals surface area contributed by atoms with Crippen molar-refractivity contribution in [2.75, 3.05) is 11.9 Å². The number of hydrogen-bond donors (Lipinski definition) is 2. The molecule has 5 nitrogen and oxygen atoms in total. The molecule has 0 bridgehead atoms. The second-order valence-electron chi connectivity index (χ2n) is 5.99. The van der Waals surface area contributed by atoms with E-state index < -0.39 is 36.7 Å². The minimum Gasteiger partial charge on any atom is -0.325 e. The molecule has 3 rings (SSSR count). The number of anilines is 1. The Bertz CT molecular complexity index is 794. The molecule has 1 aromatic carbocycles. The number of halogens is 4. The summed E-state index contributed by atoms with van der Waals surface area (Å²) in [6, 6.07) is 4.98. The molecule has 1 aliphatic heterocycles. The number of nitrogens with zero attached hydrogens (tertiary/aromatic N) is 2. The minimum atomic E-state index is -2.90. The summed E-state index contributed by atoms with van der Waals surface area (Å²) in [5, 5.41) is 9.12. The average Bonchev–Trinajstić information content (AvgIpc) is 3.01. The minimum absolute atomic E-state index is 0. The Morgan fingerprint density at radius 3 is 2.60 bits per heavy atom. The number of alkyl halides is 2. The fourth-order valence-electron chi connectivity index (χ4n) is 2.76. The zero-order chi connectivity index (χ0) is 17.5. The van der Waals surface area contributed by atoms with Crippen LogP contribution in [0.4, 0.5) is 18.9 Å². The molecule has 0 saturated carbocycles. The van der Waals surface area contributed by atoms with Gasteiger partial charge in [0.25, 0.3) is 5.92 Å². The third-order valence-electron chi connectivity index (χ3n) is 3.88. The van der Waals surface area contributed by atoms with Crippen molar-refractivity contribution in [2.45, 2.75) is 32.2 Å². The molecule has 0 spiro atoms. The molecule has 25 heavy (non-hydrogen) atoms. The van der Waals surface area contributed by atoms with Crippen LogP contribution in [0, 0.1) is 19.7 Å². The second-order valence-corrected chi connectivity index (χ2v) is 5.99. The molecule has 9 heteroatoms. The lowest BCUT2D eigenvalue weighted by Gasteiger charge is -2.12. The number of aromatic nitrogens is 2. The maximum Gasteiger partial charge on any atom is 0.262 e. The second kappa shape index (κ2) is 7.05. The average molecular weight is 375 g/mol. The molecule has 1 fully saturated rings. The highest BCUT2D eigenvalue weighted by molar-refractivity contribution is 5.95. The molecule has 1 aliphatic rings. The van der Waals surface area contributed by atoms with Crippen molar-refractivity contribution in [3.63, 3.8) is 0 Å². The summed E-state index contributed by atoms with van der Waals surface area (Å²) in [5.41, 5.74) is 2.00. The summed E-state index contributed by atoms with van der Waals surface area (Å²) in [4.78, 5) is 12.0. The number of carbonyl (C=O) groups excluding carboxylic acids is 1. The van der Waals surface area contributed by atoms with Crippen molar-refractivity contribution in [3.8, 4) is 5.69 Å². The molecule has 1 saturated heterocycles. The van der Waals surface area contributed by atoms with E-state index in [1.54, 1.807) is 13.8 Å². The van der Waals surface area contributed by atoms with Gasteiger partial charge in [-0.1, -0.05) is 0 Å². The van der Waals surface area contributed by atoms with Gasteiger partial charge in [0, 0.05) is 17.8 Å². The lowest BCUT2D eigenvalue weighted by Crippen LogP contribution is -2.35. The number of aryl methyl sites for hydroxylation is 2. The van der Waals surface area contributed by atoms with Crippen LogP contribution >= 0.6 is 12.4 Å². The van der Waals surface area contributed by atoms with Crippen LogP contribution in [0.25, 0.3) is 5.69 Å². The molecule has 2 N–H and O–H groups in total. The first-order chi connectivity index (χ1) is 11.2. The Labute approximate surface area is 149 Å². The molecule has 1 aromatic heterocycles. The molecule has 0 radical (unpaired) electrons. The lowest BCUT2D eigenvalue weighted by molar-refractivity contribution is -0.118. The van der Waals surface area contributed by atoms with E-state index in [0.717, 1.165) is 17.5 Å². The molecule has 2 aromatic rings. The van der Waals surface area contributed by atoms with E-state index in [4.69, 9.17) is 0 Å². The van der Waals surface area contributed by atoms with Crippen molar-refractivity contribution in [3.05, 3.63) is 41.5 Å². The van der Waals surface area contributed by atoms with Gasteiger partial charge in [0.15, 0.2) is 5.82 Å². The number of amides is 1. The van der Waals surface area contributed by atoms with Gasteiger partial charge in [-0.3, -0.25) is 10.1 Å². The molecular weight excluding hydrogens is 357 g/mol. The standard InChI is InChI=1S/C16H17F3N4O.ClH/c1-9-5-10(2)23(22-9)14-4-3-11(6-12(14)17)21-15(24)13-7-16(18,19)8-20-13;/h3-6,13,20H,7-8H2,1-2H3,(H,21,24);1H. The maximum atomic E-state index is 14.3. The van der Waals surface area contributed by atoms with Crippen LogP contribution in [0.15, 0.2) is 24.3 Å². The smallest absolute Gasteiger partial charge is 0.262 e. The monoisotopic (exact) mass is 374 g/mol. The number of benzene rings is 1. The molecule has 1 atom stereocenters. The highest BCUT2D eigenvalue weighted by Gasteiger charge is 2.42. The zero-order valence-corrected chi connectivity index (χ0v) is 14.5. The van der Waals surface area contributed by atoms with Gasteiger partial charge >= 0.3 is 0 Å². The Morgan fingerprint density at radius 2 is 2.08 bits per heavy atom. The fraction of sp³-hybridized carbons (Fsp3) is 0.375. The lowest BCUT2D eigenvalue weighted by atomic mass is 10.1. The Hall–Kier alpha value is -2.06. The van der Waals surface area contributed by atoms with Crippen molar-refractivity contribution in [1.82, 2.24) is 15.1 Å². The van der Waals surface area contributed by atoms with Crippen LogP contribution in [-0.2, 0) is 4.79 Å². The molecule has 1 amide bonds. The Kier molecular flexibility index (Phi) is 5.43. The quantitative estimate of drug-likeness (QED) is 0.868. The molecular formula is C16H18ClF3N4O. The Balaban J connectivity index is 0.00000225. The highest BCUT2D eigenvalue weighted by Crippen LogP contribution is 2.26. The summed E-state index contributed by atoms with van der Waals surface area (Å²) in [6.45, 7) is 3.08. The van der Waals surface area contributed by atoms with Gasteiger partial charge < -0.3 is 5.32 Å². The summed E-state index contributed by atoms with van der Waals surface area (Å²) in [7, 11) is 0. The maximum absolute atomic E-state index is 14.3. The summed E-state index contributed by atoms with van der Waals surface area (Å²) >= 11 is 0. The van der Waals surface area contributed by atoms with Crippen LogP contribution in [0.2, 0.25) is 0 Å². The fourth-order valence-corrected chi connectivity index (χ4v) is 2.76. The van der Waals surface area contributed by atoms with Gasteiger partial charge in [-0.25, -0.2) is 17.9 Å². The van der Waals surface area contributed by atoms with Gasteiger partial charge in [-0.05, 0) is 38.1 Å². The number of nitrogens with one attached hydrogen (secondary N) is 2. The van der Waals surface area contributed by atoms with Gasteiger partial charge in [0.2, 0.25) is 5.91 Å². The van der Waals surface area contributed by atoms with Crippen molar-refractivity contribution >= 4 is 24.0 Å². The summed E-state index contributed by atoms with van der Waals surface area (Å²) < 4.78 is 42.0. The first-order valence-electron chi connectivity index (χ1n) is 7.50. The van der Waals surface area contributed by atoms with Gasteiger partial charge in [0.1, 0.15) is 5.69 Å². The SMILES string of the molecule is Cc1cc(C)n(-c2ccc(NC(=O)C3CC(F)(F)CN3)cc2F)n1.Cl. The summed E-state index contributed by atoms with van der Waals surface area (Å²) in [5.74, 6) is -4.07. The van der Waals surface area contributed by atoms with E-state index in [9.17, 15) is 18.0 Å². The zero-order valence-electron chi connectivity index (χ0n) is 13.6. The highest BCUT2D eigenvalue weighted by atomic mass is 35.5. The van der Waals surface area contributed by atoms with Gasteiger partial charge in [0.05, 0.1) is 18.3 Å². The van der Waals surface area contributed by atoms with E-state index in [1.165, 1.54) is 16.8 Å². The largest absolute Gasteiger partial charge is 0.325 e. The number of hydrogen-bond acceptors (Lipinski definition) is 3. The number of carbonyl (C=O) groups is 1. The van der Waals surface area contributed by atoms with E-state index in [0.29, 0.717) is 0 Å². The van der Waals surface area contributed by atoms with E-state index in [1.807, 2.05) is 6.07 Å². The van der Waals surface area contributed by atoms with Crippen molar-refractivity contribution in [1.29, 1.82) is 0 Å². The molecule has 0 aliphatic carbocycles. The third kappa shape index (κ3) is 4.13. The molecule has 2 heterocycles. The van der Waals surface area contributed by atoms with Gasteiger partial charge in [-0.15, -0.1) is 12.4 Å². The molecule has 1 unspecified atom stereocenters. The van der Waals surface area contributed by atoms with Gasteiger partial charge in [-0.2, -0.15) is 5.10 Å². The van der Waals surface area contributed by atoms with E-state index in [2.05, 4.69) is 15.7 Å². The topological polar surface area (TPSA) is 59.0 Å². The van der Waals surface area contributed by atoms with Crippen LogP contribution in [0.3, 0.4) is 0 Å². The normalized spacial score (nSPS) is 18.7. The number of rotatable bonds is 3. The van der Waals surface area contributed by atoms with Crippen LogP contribution in [0.1, 0.15) is 17.8 Å². The van der Waals surface area contributed by atoms with Crippen LogP contribution in [0.5, 0.6) is 0 Å².